The Kier molecular flexibility index (Phi) is 5.23. The first-order chi connectivity index (χ1) is 10.2. The Balaban J connectivity index is 1.55. The van der Waals surface area contributed by atoms with Gasteiger partial charge in [0.05, 0.1) is 4.88 Å². The fourth-order valence-corrected chi connectivity index (χ4v) is 5.09. The minimum Gasteiger partial charge on any atom is -0.351 e. The molecule has 1 N–H and O–H groups in total. The molecule has 2 nitrogen and oxygen atoms in total. The van der Waals surface area contributed by atoms with Crippen molar-refractivity contribution in [3.63, 3.8) is 0 Å². The van der Waals surface area contributed by atoms with Gasteiger partial charge < -0.3 is 5.32 Å². The van der Waals surface area contributed by atoms with Crippen LogP contribution in [0.2, 0.25) is 0 Å². The van der Waals surface area contributed by atoms with Gasteiger partial charge in [0, 0.05) is 16.8 Å². The van der Waals surface area contributed by atoms with Gasteiger partial charge in [-0.15, -0.1) is 22.9 Å². The number of hydrogen-bond acceptors (Lipinski definition) is 2. The molecule has 0 aromatic carbocycles. The molecular weight excluding hydrogens is 302 g/mol. The topological polar surface area (TPSA) is 29.1 Å². The molecule has 2 aliphatic rings. The normalized spacial score (nSPS) is 26.0. The molecule has 0 saturated heterocycles. The molecule has 3 rings (SSSR count). The molecule has 2 aliphatic carbocycles. The molecule has 0 bridgehead atoms. The SMILES string of the molecule is O=C(NCC1CCCC(Cl)C1)c1cc2c(s1)CCCCC2. The van der Waals surface area contributed by atoms with E-state index in [4.69, 9.17) is 11.6 Å². The molecule has 0 aliphatic heterocycles. The Morgan fingerprint density at radius 2 is 2.10 bits per heavy atom. The second-order valence-corrected chi connectivity index (χ2v) is 8.21. The largest absolute Gasteiger partial charge is 0.351 e. The van der Waals surface area contributed by atoms with E-state index in [-0.39, 0.29) is 5.91 Å². The third-order valence-electron chi connectivity index (χ3n) is 4.74. The first kappa shape index (κ1) is 15.4. The standard InChI is InChI=1S/C17H24ClNOS/c18-14-7-4-5-12(9-14)11-19-17(20)16-10-13-6-2-1-3-8-15(13)21-16/h10,12,14H,1-9,11H2,(H,19,20). The lowest BCUT2D eigenvalue weighted by atomic mass is 9.89. The number of thiophene rings is 1. The van der Waals surface area contributed by atoms with Crippen molar-refractivity contribution in [2.45, 2.75) is 63.2 Å². The van der Waals surface area contributed by atoms with Gasteiger partial charge >= 0.3 is 0 Å². The van der Waals surface area contributed by atoms with Crippen molar-refractivity contribution in [2.24, 2.45) is 5.92 Å². The minimum atomic E-state index is 0.116. The summed E-state index contributed by atoms with van der Waals surface area (Å²) in [7, 11) is 0. The second-order valence-electron chi connectivity index (χ2n) is 6.46. The van der Waals surface area contributed by atoms with E-state index in [1.165, 1.54) is 42.5 Å². The number of nitrogens with one attached hydrogen (secondary N) is 1. The van der Waals surface area contributed by atoms with Gasteiger partial charge in [0.25, 0.3) is 5.91 Å². The van der Waals surface area contributed by atoms with E-state index in [0.29, 0.717) is 11.3 Å². The van der Waals surface area contributed by atoms with Crippen molar-refractivity contribution in [1.29, 1.82) is 0 Å². The minimum absolute atomic E-state index is 0.116. The Labute approximate surface area is 136 Å². The molecule has 1 amide bonds. The summed E-state index contributed by atoms with van der Waals surface area (Å²) in [5, 5.41) is 3.43. The van der Waals surface area contributed by atoms with Crippen LogP contribution >= 0.6 is 22.9 Å². The molecule has 0 spiro atoms. The average Bonchev–Trinajstić information content (AvgIpc) is 2.76. The maximum absolute atomic E-state index is 12.3. The van der Waals surface area contributed by atoms with E-state index in [0.717, 1.165) is 37.1 Å². The van der Waals surface area contributed by atoms with Crippen LogP contribution in [0.5, 0.6) is 0 Å². The highest BCUT2D eigenvalue weighted by Crippen LogP contribution is 2.30. The van der Waals surface area contributed by atoms with Crippen LogP contribution in [0.4, 0.5) is 0 Å². The van der Waals surface area contributed by atoms with Crippen LogP contribution in [0, 0.1) is 5.92 Å². The molecule has 0 radical (unpaired) electrons. The molecule has 1 saturated carbocycles. The lowest BCUT2D eigenvalue weighted by Gasteiger charge is -2.25. The maximum atomic E-state index is 12.3. The highest BCUT2D eigenvalue weighted by atomic mass is 35.5. The fraction of sp³-hybridized carbons (Fsp3) is 0.706. The van der Waals surface area contributed by atoms with Gasteiger partial charge in [-0.3, -0.25) is 4.79 Å². The number of amides is 1. The Morgan fingerprint density at radius 1 is 1.24 bits per heavy atom. The van der Waals surface area contributed by atoms with Gasteiger partial charge in [0.1, 0.15) is 0 Å². The predicted octanol–water partition coefficient (Wildman–Crippen LogP) is 4.54. The molecule has 21 heavy (non-hydrogen) atoms. The summed E-state index contributed by atoms with van der Waals surface area (Å²) < 4.78 is 0. The maximum Gasteiger partial charge on any atom is 0.261 e. The van der Waals surface area contributed by atoms with E-state index in [9.17, 15) is 4.79 Å². The van der Waals surface area contributed by atoms with Crippen LogP contribution in [0.1, 0.15) is 65.1 Å². The van der Waals surface area contributed by atoms with Gasteiger partial charge in [-0.25, -0.2) is 0 Å². The van der Waals surface area contributed by atoms with E-state index in [1.807, 2.05) is 0 Å². The van der Waals surface area contributed by atoms with Crippen molar-refractivity contribution < 1.29 is 4.79 Å². The molecule has 1 fully saturated rings. The van der Waals surface area contributed by atoms with Gasteiger partial charge in [-0.05, 0) is 62.5 Å². The third-order valence-corrected chi connectivity index (χ3v) is 6.37. The lowest BCUT2D eigenvalue weighted by Crippen LogP contribution is -2.31. The van der Waals surface area contributed by atoms with Crippen molar-refractivity contribution in [3.05, 3.63) is 21.4 Å². The first-order valence-electron chi connectivity index (χ1n) is 8.26. The third kappa shape index (κ3) is 4.01. The monoisotopic (exact) mass is 325 g/mol. The summed E-state index contributed by atoms with van der Waals surface area (Å²) in [4.78, 5) is 14.7. The highest BCUT2D eigenvalue weighted by molar-refractivity contribution is 7.14. The van der Waals surface area contributed by atoms with E-state index >= 15 is 0 Å². The summed E-state index contributed by atoms with van der Waals surface area (Å²) >= 11 is 7.92. The molecule has 1 aromatic heterocycles. The smallest absolute Gasteiger partial charge is 0.261 e. The zero-order valence-corrected chi connectivity index (χ0v) is 14.1. The Bertz CT molecular complexity index is 475. The van der Waals surface area contributed by atoms with Crippen molar-refractivity contribution >= 4 is 28.8 Å². The number of aryl methyl sites for hydroxylation is 2. The molecule has 2 atom stereocenters. The summed E-state index contributed by atoms with van der Waals surface area (Å²) in [6.07, 6.45) is 10.7. The summed E-state index contributed by atoms with van der Waals surface area (Å²) in [5.41, 5.74) is 1.42. The summed E-state index contributed by atoms with van der Waals surface area (Å²) in [5.74, 6) is 0.674. The van der Waals surface area contributed by atoms with Crippen LogP contribution in [-0.4, -0.2) is 17.8 Å². The van der Waals surface area contributed by atoms with Crippen LogP contribution in [0.3, 0.4) is 0 Å². The van der Waals surface area contributed by atoms with E-state index in [2.05, 4.69) is 11.4 Å². The number of hydrogen-bond donors (Lipinski definition) is 1. The Hall–Kier alpha value is -0.540. The van der Waals surface area contributed by atoms with Gasteiger partial charge in [-0.2, -0.15) is 0 Å². The lowest BCUT2D eigenvalue weighted by molar-refractivity contribution is 0.0947. The van der Waals surface area contributed by atoms with Crippen molar-refractivity contribution in [2.75, 3.05) is 6.54 Å². The van der Waals surface area contributed by atoms with E-state index in [1.54, 1.807) is 11.3 Å². The average molecular weight is 326 g/mol. The molecular formula is C17H24ClNOS. The zero-order valence-electron chi connectivity index (χ0n) is 12.5. The van der Waals surface area contributed by atoms with E-state index < -0.39 is 0 Å². The Morgan fingerprint density at radius 3 is 2.95 bits per heavy atom. The van der Waals surface area contributed by atoms with Gasteiger partial charge in [0.2, 0.25) is 0 Å². The molecule has 116 valence electrons. The van der Waals surface area contributed by atoms with Crippen LogP contribution in [-0.2, 0) is 12.8 Å². The first-order valence-corrected chi connectivity index (χ1v) is 9.51. The van der Waals surface area contributed by atoms with Gasteiger partial charge in [0.15, 0.2) is 0 Å². The van der Waals surface area contributed by atoms with Crippen molar-refractivity contribution in [3.8, 4) is 0 Å². The van der Waals surface area contributed by atoms with Crippen LogP contribution in [0.15, 0.2) is 6.07 Å². The fourth-order valence-electron chi connectivity index (χ4n) is 3.51. The number of alkyl halides is 1. The molecule has 1 heterocycles. The van der Waals surface area contributed by atoms with Crippen LogP contribution < -0.4 is 5.32 Å². The molecule has 1 aromatic rings. The number of halogens is 1. The van der Waals surface area contributed by atoms with Gasteiger partial charge in [-0.1, -0.05) is 12.8 Å². The summed E-state index contributed by atoms with van der Waals surface area (Å²) in [6.45, 7) is 0.782. The number of carbonyl (C=O) groups excluding carboxylic acids is 1. The van der Waals surface area contributed by atoms with Crippen LogP contribution in [0.25, 0.3) is 0 Å². The zero-order chi connectivity index (χ0) is 14.7. The predicted molar refractivity (Wildman–Crippen MR) is 89.5 cm³/mol. The highest BCUT2D eigenvalue weighted by Gasteiger charge is 2.22. The number of rotatable bonds is 3. The second kappa shape index (κ2) is 7.15. The molecule has 2 unspecified atom stereocenters. The number of fused-ring (bicyclic) bond motifs is 1. The molecule has 4 heteroatoms. The number of carbonyl (C=O) groups is 1. The summed E-state index contributed by atoms with van der Waals surface area (Å²) in [6, 6.07) is 2.13. The van der Waals surface area contributed by atoms with Crippen molar-refractivity contribution in [1.82, 2.24) is 5.32 Å². The quantitative estimate of drug-likeness (QED) is 0.641.